The summed E-state index contributed by atoms with van der Waals surface area (Å²) in [6, 6.07) is 3.99. The lowest BCUT2D eigenvalue weighted by Gasteiger charge is -2.13. The molecule has 1 amide bonds. The van der Waals surface area contributed by atoms with Crippen LogP contribution in [-0.4, -0.2) is 35.0 Å². The molecule has 1 unspecified atom stereocenters. The summed E-state index contributed by atoms with van der Waals surface area (Å²) in [5, 5.41) is 6.32. The number of carbonyl (C=O) groups is 1. The van der Waals surface area contributed by atoms with E-state index in [0.717, 1.165) is 42.4 Å². The van der Waals surface area contributed by atoms with Crippen molar-refractivity contribution in [3.8, 4) is 0 Å². The third kappa shape index (κ3) is 4.13. The zero-order chi connectivity index (χ0) is 13.7. The highest BCUT2D eigenvalue weighted by Gasteiger charge is 2.18. The molecule has 0 spiro atoms. The molecule has 0 saturated carbocycles. The van der Waals surface area contributed by atoms with Crippen LogP contribution >= 0.6 is 11.8 Å². The second-order valence-corrected chi connectivity index (χ2v) is 5.99. The van der Waals surface area contributed by atoms with Gasteiger partial charge in [-0.25, -0.2) is 4.98 Å². The van der Waals surface area contributed by atoms with Gasteiger partial charge >= 0.3 is 0 Å². The number of anilines is 1. The van der Waals surface area contributed by atoms with E-state index in [2.05, 4.69) is 22.5 Å². The molecule has 4 nitrogen and oxygen atoms in total. The van der Waals surface area contributed by atoms with Crippen molar-refractivity contribution in [1.82, 2.24) is 10.3 Å². The average Bonchev–Trinajstić information content (AvgIpc) is 2.88. The molecule has 1 aliphatic heterocycles. The zero-order valence-corrected chi connectivity index (χ0v) is 12.3. The van der Waals surface area contributed by atoms with E-state index in [1.807, 2.05) is 30.8 Å². The Morgan fingerprint density at radius 2 is 2.37 bits per heavy atom. The zero-order valence-electron chi connectivity index (χ0n) is 11.5. The van der Waals surface area contributed by atoms with Gasteiger partial charge in [0, 0.05) is 29.6 Å². The van der Waals surface area contributed by atoms with Crippen LogP contribution in [0, 0.1) is 6.92 Å². The Balaban J connectivity index is 2.04. The van der Waals surface area contributed by atoms with E-state index in [1.54, 1.807) is 0 Å². The highest BCUT2D eigenvalue weighted by Crippen LogP contribution is 2.18. The Hall–Kier alpha value is -1.23. The highest BCUT2D eigenvalue weighted by atomic mass is 32.2. The molecule has 0 aromatic carbocycles. The molecule has 2 rings (SSSR count). The highest BCUT2D eigenvalue weighted by molar-refractivity contribution is 7.99. The van der Waals surface area contributed by atoms with E-state index in [1.165, 1.54) is 0 Å². The molecule has 1 fully saturated rings. The van der Waals surface area contributed by atoms with Crippen molar-refractivity contribution in [2.24, 2.45) is 0 Å². The fourth-order valence-electron chi connectivity index (χ4n) is 2.06. The minimum absolute atomic E-state index is 0.0116. The standard InChI is InChI=1S/C14H21N3OS/c1-3-5-15-13-8-11(7-10(2)16-13)14(18)17-12-4-6-19-9-12/h7-8,12H,3-6,9H2,1-2H3,(H,15,16)(H,17,18). The first-order valence-electron chi connectivity index (χ1n) is 6.80. The number of pyridine rings is 1. The molecule has 19 heavy (non-hydrogen) atoms. The molecule has 1 atom stereocenters. The number of nitrogens with one attached hydrogen (secondary N) is 2. The molecule has 1 aromatic heterocycles. The van der Waals surface area contributed by atoms with Crippen LogP contribution in [0.3, 0.4) is 0 Å². The average molecular weight is 279 g/mol. The van der Waals surface area contributed by atoms with Gasteiger partial charge in [-0.1, -0.05) is 6.92 Å². The first-order chi connectivity index (χ1) is 9.19. The number of nitrogens with zero attached hydrogens (tertiary/aromatic N) is 1. The summed E-state index contributed by atoms with van der Waals surface area (Å²) in [5.74, 6) is 2.96. The number of rotatable bonds is 5. The van der Waals surface area contributed by atoms with Gasteiger partial charge in [0.25, 0.3) is 5.91 Å². The molecule has 5 heteroatoms. The van der Waals surface area contributed by atoms with Gasteiger partial charge in [0.05, 0.1) is 0 Å². The molecular formula is C14H21N3OS. The minimum atomic E-state index is 0.0116. The summed E-state index contributed by atoms with van der Waals surface area (Å²) in [7, 11) is 0. The maximum Gasteiger partial charge on any atom is 0.251 e. The SMILES string of the molecule is CCCNc1cc(C(=O)NC2CCSC2)cc(C)n1. The number of thioether (sulfide) groups is 1. The Kier molecular flexibility index (Phi) is 5.07. The fraction of sp³-hybridized carbons (Fsp3) is 0.571. The largest absolute Gasteiger partial charge is 0.370 e. The van der Waals surface area contributed by atoms with Crippen LogP contribution < -0.4 is 10.6 Å². The van der Waals surface area contributed by atoms with Gasteiger partial charge in [0.2, 0.25) is 0 Å². The lowest BCUT2D eigenvalue weighted by atomic mass is 10.2. The summed E-state index contributed by atoms with van der Waals surface area (Å²) in [6.07, 6.45) is 2.11. The number of carbonyl (C=O) groups excluding carboxylic acids is 1. The fourth-order valence-corrected chi connectivity index (χ4v) is 3.21. The van der Waals surface area contributed by atoms with Crippen molar-refractivity contribution in [2.75, 3.05) is 23.4 Å². The van der Waals surface area contributed by atoms with Crippen molar-refractivity contribution >= 4 is 23.5 Å². The molecule has 0 bridgehead atoms. The Bertz CT molecular complexity index is 444. The second-order valence-electron chi connectivity index (χ2n) is 4.84. The van der Waals surface area contributed by atoms with Gasteiger partial charge in [-0.15, -0.1) is 0 Å². The van der Waals surface area contributed by atoms with Crippen LogP contribution in [0.2, 0.25) is 0 Å². The summed E-state index contributed by atoms with van der Waals surface area (Å²) >= 11 is 1.90. The van der Waals surface area contributed by atoms with Crippen LogP contribution in [0.25, 0.3) is 0 Å². The van der Waals surface area contributed by atoms with Gasteiger partial charge in [0.1, 0.15) is 5.82 Å². The van der Waals surface area contributed by atoms with E-state index in [0.29, 0.717) is 11.6 Å². The molecule has 1 aromatic rings. The van der Waals surface area contributed by atoms with E-state index in [4.69, 9.17) is 0 Å². The molecule has 1 saturated heterocycles. The second kappa shape index (κ2) is 6.80. The summed E-state index contributed by atoms with van der Waals surface area (Å²) in [4.78, 5) is 16.6. The third-order valence-corrected chi connectivity index (χ3v) is 4.20. The molecule has 1 aliphatic rings. The third-order valence-electron chi connectivity index (χ3n) is 3.04. The predicted molar refractivity (Wildman–Crippen MR) is 81.0 cm³/mol. The molecule has 104 valence electrons. The number of aromatic nitrogens is 1. The van der Waals surface area contributed by atoms with Gasteiger partial charge in [-0.3, -0.25) is 4.79 Å². The van der Waals surface area contributed by atoms with E-state index < -0.39 is 0 Å². The van der Waals surface area contributed by atoms with Crippen molar-refractivity contribution in [2.45, 2.75) is 32.7 Å². The van der Waals surface area contributed by atoms with Gasteiger partial charge in [0.15, 0.2) is 0 Å². The van der Waals surface area contributed by atoms with Crippen LogP contribution in [0.15, 0.2) is 12.1 Å². The molecule has 2 heterocycles. The van der Waals surface area contributed by atoms with Crippen molar-refractivity contribution in [3.63, 3.8) is 0 Å². The van der Waals surface area contributed by atoms with Crippen LogP contribution in [0.4, 0.5) is 5.82 Å². The molecule has 0 aliphatic carbocycles. The van der Waals surface area contributed by atoms with Crippen molar-refractivity contribution < 1.29 is 4.79 Å². The molecule has 0 radical (unpaired) electrons. The van der Waals surface area contributed by atoms with E-state index in [-0.39, 0.29) is 5.91 Å². The molecule has 2 N–H and O–H groups in total. The van der Waals surface area contributed by atoms with E-state index in [9.17, 15) is 4.79 Å². The summed E-state index contributed by atoms with van der Waals surface area (Å²) in [6.45, 7) is 4.89. The van der Waals surface area contributed by atoms with Gasteiger partial charge in [-0.05, 0) is 37.7 Å². The number of hydrogen-bond acceptors (Lipinski definition) is 4. The Morgan fingerprint density at radius 1 is 1.53 bits per heavy atom. The van der Waals surface area contributed by atoms with Crippen LogP contribution in [-0.2, 0) is 0 Å². The number of aryl methyl sites for hydroxylation is 1. The maximum absolute atomic E-state index is 12.2. The summed E-state index contributed by atoms with van der Waals surface area (Å²) in [5.41, 5.74) is 1.56. The topological polar surface area (TPSA) is 54.0 Å². The smallest absolute Gasteiger partial charge is 0.251 e. The van der Waals surface area contributed by atoms with Crippen LogP contribution in [0.5, 0.6) is 0 Å². The first-order valence-corrected chi connectivity index (χ1v) is 7.95. The minimum Gasteiger partial charge on any atom is -0.370 e. The number of amides is 1. The van der Waals surface area contributed by atoms with Crippen LogP contribution in [0.1, 0.15) is 35.8 Å². The van der Waals surface area contributed by atoms with Gasteiger partial charge < -0.3 is 10.6 Å². The number of hydrogen-bond donors (Lipinski definition) is 2. The first kappa shape index (κ1) is 14.2. The van der Waals surface area contributed by atoms with Crippen molar-refractivity contribution in [3.05, 3.63) is 23.4 Å². The maximum atomic E-state index is 12.2. The van der Waals surface area contributed by atoms with E-state index >= 15 is 0 Å². The predicted octanol–water partition coefficient (Wildman–Crippen LogP) is 2.45. The summed E-state index contributed by atoms with van der Waals surface area (Å²) < 4.78 is 0. The Labute approximate surface area is 118 Å². The monoisotopic (exact) mass is 279 g/mol. The quantitative estimate of drug-likeness (QED) is 0.869. The Morgan fingerprint density at radius 3 is 3.05 bits per heavy atom. The lowest BCUT2D eigenvalue weighted by molar-refractivity contribution is 0.0941. The van der Waals surface area contributed by atoms with Crippen molar-refractivity contribution in [1.29, 1.82) is 0 Å². The molecular weight excluding hydrogens is 258 g/mol. The van der Waals surface area contributed by atoms with Gasteiger partial charge in [-0.2, -0.15) is 11.8 Å². The normalized spacial score (nSPS) is 18.3. The lowest BCUT2D eigenvalue weighted by Crippen LogP contribution is -2.34.